The third-order valence-corrected chi connectivity index (χ3v) is 2.20. The fourth-order valence-electron chi connectivity index (χ4n) is 1.46. The molecule has 1 aromatic heterocycles. The van der Waals surface area contributed by atoms with Crippen LogP contribution in [0, 0.1) is 0 Å². The Morgan fingerprint density at radius 3 is 3.27 bits per heavy atom. The van der Waals surface area contributed by atoms with E-state index < -0.39 is 12.1 Å². The van der Waals surface area contributed by atoms with Gasteiger partial charge >= 0.3 is 5.97 Å². The standard InChI is InChI=1S/C8H11N3O4/c12-8(13)6-3-11(1-2-14-6)4-7-9-5-15-10-7/h5-6H,1-4H2,(H,12,13). The second kappa shape index (κ2) is 4.37. The number of ether oxygens (including phenoxy) is 1. The molecule has 1 N–H and O–H groups in total. The van der Waals surface area contributed by atoms with Gasteiger partial charge in [0.1, 0.15) is 0 Å². The molecule has 0 radical (unpaired) electrons. The third-order valence-electron chi connectivity index (χ3n) is 2.20. The molecule has 1 aliphatic rings. The first-order chi connectivity index (χ1) is 7.25. The fraction of sp³-hybridized carbons (Fsp3) is 0.625. The first kappa shape index (κ1) is 10.1. The average Bonchev–Trinajstić information content (AvgIpc) is 2.71. The number of aromatic nitrogens is 2. The highest BCUT2D eigenvalue weighted by Crippen LogP contribution is 2.07. The van der Waals surface area contributed by atoms with Crippen molar-refractivity contribution in [3.8, 4) is 0 Å². The van der Waals surface area contributed by atoms with Crippen LogP contribution in [0.25, 0.3) is 0 Å². The summed E-state index contributed by atoms with van der Waals surface area (Å²) in [5.41, 5.74) is 0. The molecule has 1 aliphatic heterocycles. The molecule has 0 amide bonds. The highest BCUT2D eigenvalue weighted by Gasteiger charge is 2.26. The van der Waals surface area contributed by atoms with Crippen LogP contribution in [0.2, 0.25) is 0 Å². The van der Waals surface area contributed by atoms with E-state index in [2.05, 4.69) is 14.7 Å². The molecule has 0 bridgehead atoms. The number of nitrogens with zero attached hydrogens (tertiary/aromatic N) is 3. The van der Waals surface area contributed by atoms with Gasteiger partial charge < -0.3 is 14.4 Å². The lowest BCUT2D eigenvalue weighted by Gasteiger charge is -2.29. The highest BCUT2D eigenvalue weighted by molar-refractivity contribution is 5.72. The van der Waals surface area contributed by atoms with E-state index in [1.54, 1.807) is 0 Å². The second-order valence-corrected chi connectivity index (χ2v) is 3.28. The molecule has 7 nitrogen and oxygen atoms in total. The van der Waals surface area contributed by atoms with Crippen LogP contribution in [0.5, 0.6) is 0 Å². The van der Waals surface area contributed by atoms with E-state index >= 15 is 0 Å². The lowest BCUT2D eigenvalue weighted by molar-refractivity contribution is -0.156. The Balaban J connectivity index is 1.90. The molecule has 0 aromatic carbocycles. The molecule has 82 valence electrons. The van der Waals surface area contributed by atoms with Crippen molar-refractivity contribution in [3.05, 3.63) is 12.2 Å². The predicted octanol–water partition coefficient (Wildman–Crippen LogP) is -0.645. The molecule has 1 saturated heterocycles. The van der Waals surface area contributed by atoms with Crippen LogP contribution >= 0.6 is 0 Å². The number of carbonyl (C=O) groups is 1. The van der Waals surface area contributed by atoms with E-state index in [1.807, 2.05) is 4.90 Å². The maximum absolute atomic E-state index is 10.7. The molecule has 15 heavy (non-hydrogen) atoms. The predicted molar refractivity (Wildman–Crippen MR) is 47.0 cm³/mol. The van der Waals surface area contributed by atoms with Gasteiger partial charge in [0.2, 0.25) is 6.39 Å². The molecule has 1 atom stereocenters. The van der Waals surface area contributed by atoms with Crippen molar-refractivity contribution < 1.29 is 19.2 Å². The molecule has 0 saturated carbocycles. The average molecular weight is 213 g/mol. The minimum atomic E-state index is -0.937. The minimum absolute atomic E-state index is 0.351. The van der Waals surface area contributed by atoms with Crippen molar-refractivity contribution in [2.75, 3.05) is 19.7 Å². The molecule has 2 rings (SSSR count). The third kappa shape index (κ3) is 2.51. The molecule has 7 heteroatoms. The molecular formula is C8H11N3O4. The molecule has 2 heterocycles. The van der Waals surface area contributed by atoms with E-state index in [1.165, 1.54) is 6.39 Å². The summed E-state index contributed by atoms with van der Waals surface area (Å²) in [4.78, 5) is 16.5. The molecule has 0 aliphatic carbocycles. The van der Waals surface area contributed by atoms with Gasteiger partial charge in [0.25, 0.3) is 0 Å². The topological polar surface area (TPSA) is 88.7 Å². The van der Waals surface area contributed by atoms with Gasteiger partial charge in [0.05, 0.1) is 13.2 Å². The van der Waals surface area contributed by atoms with Crippen LogP contribution in [0.4, 0.5) is 0 Å². The maximum atomic E-state index is 10.7. The van der Waals surface area contributed by atoms with E-state index in [9.17, 15) is 4.79 Å². The Morgan fingerprint density at radius 2 is 2.60 bits per heavy atom. The van der Waals surface area contributed by atoms with E-state index in [0.29, 0.717) is 32.1 Å². The number of hydrogen-bond acceptors (Lipinski definition) is 6. The summed E-state index contributed by atoms with van der Waals surface area (Å²) >= 11 is 0. The lowest BCUT2D eigenvalue weighted by atomic mass is 10.2. The largest absolute Gasteiger partial charge is 0.479 e. The van der Waals surface area contributed by atoms with Crippen LogP contribution in [-0.2, 0) is 16.1 Å². The monoisotopic (exact) mass is 213 g/mol. The van der Waals surface area contributed by atoms with E-state index in [4.69, 9.17) is 9.84 Å². The summed E-state index contributed by atoms with van der Waals surface area (Å²) < 4.78 is 9.68. The Kier molecular flexibility index (Phi) is 2.93. The van der Waals surface area contributed by atoms with Gasteiger partial charge in [-0.1, -0.05) is 5.16 Å². The van der Waals surface area contributed by atoms with Gasteiger partial charge in [-0.05, 0) is 0 Å². The minimum Gasteiger partial charge on any atom is -0.479 e. The Hall–Kier alpha value is -1.47. The van der Waals surface area contributed by atoms with E-state index in [-0.39, 0.29) is 0 Å². The van der Waals surface area contributed by atoms with Gasteiger partial charge in [-0.3, -0.25) is 4.90 Å². The van der Waals surface area contributed by atoms with Crippen molar-refractivity contribution in [1.82, 2.24) is 15.0 Å². The number of carboxylic acid groups (broad SMARTS) is 1. The zero-order valence-corrected chi connectivity index (χ0v) is 8.00. The smallest absolute Gasteiger partial charge is 0.334 e. The van der Waals surface area contributed by atoms with Crippen LogP contribution in [-0.4, -0.2) is 51.9 Å². The van der Waals surface area contributed by atoms with Gasteiger partial charge in [-0.15, -0.1) is 0 Å². The van der Waals surface area contributed by atoms with Gasteiger partial charge in [0, 0.05) is 13.1 Å². The highest BCUT2D eigenvalue weighted by atomic mass is 16.5. The Bertz CT molecular complexity index is 327. The molecular weight excluding hydrogens is 202 g/mol. The van der Waals surface area contributed by atoms with Crippen molar-refractivity contribution in [2.45, 2.75) is 12.6 Å². The Labute approximate surface area is 85.6 Å². The number of hydrogen-bond donors (Lipinski definition) is 1. The number of rotatable bonds is 3. The van der Waals surface area contributed by atoms with Crippen molar-refractivity contribution in [1.29, 1.82) is 0 Å². The SMILES string of the molecule is O=C(O)C1CN(Cc2ncon2)CCO1. The summed E-state index contributed by atoms with van der Waals surface area (Å²) in [6.07, 6.45) is 0.496. The quantitative estimate of drug-likeness (QED) is 0.713. The number of aliphatic carboxylic acids is 1. The first-order valence-electron chi connectivity index (χ1n) is 4.57. The molecule has 1 aromatic rings. The first-order valence-corrected chi connectivity index (χ1v) is 4.57. The lowest BCUT2D eigenvalue weighted by Crippen LogP contribution is -2.45. The Morgan fingerprint density at radius 1 is 1.73 bits per heavy atom. The van der Waals surface area contributed by atoms with Crippen LogP contribution in [0.1, 0.15) is 5.82 Å². The fourth-order valence-corrected chi connectivity index (χ4v) is 1.46. The summed E-state index contributed by atoms with van der Waals surface area (Å²) in [6, 6.07) is 0. The summed E-state index contributed by atoms with van der Waals surface area (Å²) in [5, 5.41) is 12.4. The summed E-state index contributed by atoms with van der Waals surface area (Å²) in [6.45, 7) is 1.93. The zero-order chi connectivity index (χ0) is 10.7. The zero-order valence-electron chi connectivity index (χ0n) is 8.00. The normalized spacial score (nSPS) is 22.8. The number of morpholine rings is 1. The van der Waals surface area contributed by atoms with Crippen LogP contribution < -0.4 is 0 Å². The van der Waals surface area contributed by atoms with Crippen molar-refractivity contribution >= 4 is 5.97 Å². The maximum Gasteiger partial charge on any atom is 0.334 e. The summed E-state index contributed by atoms with van der Waals surface area (Å²) in [7, 11) is 0. The van der Waals surface area contributed by atoms with E-state index in [0.717, 1.165) is 0 Å². The van der Waals surface area contributed by atoms with Gasteiger partial charge in [0.15, 0.2) is 11.9 Å². The van der Waals surface area contributed by atoms with Gasteiger partial charge in [-0.2, -0.15) is 4.98 Å². The van der Waals surface area contributed by atoms with Gasteiger partial charge in [-0.25, -0.2) is 4.79 Å². The van der Waals surface area contributed by atoms with Crippen LogP contribution in [0.15, 0.2) is 10.9 Å². The number of carboxylic acids is 1. The molecule has 1 unspecified atom stereocenters. The van der Waals surface area contributed by atoms with Crippen LogP contribution in [0.3, 0.4) is 0 Å². The van der Waals surface area contributed by atoms with Crippen molar-refractivity contribution in [2.24, 2.45) is 0 Å². The summed E-state index contributed by atoms with van der Waals surface area (Å²) in [5.74, 6) is -0.381. The van der Waals surface area contributed by atoms with Crippen molar-refractivity contribution in [3.63, 3.8) is 0 Å². The molecule has 1 fully saturated rings. The second-order valence-electron chi connectivity index (χ2n) is 3.28. The molecule has 0 spiro atoms.